The van der Waals surface area contributed by atoms with E-state index in [4.69, 9.17) is 17.0 Å². The molecule has 0 fully saturated rings. The SMILES string of the molecule is COC(=O)c1ccc(NC(=S)N2CCc3c([nH]c4ccccc34)[C@@H]2C(C)C)cc1. The Labute approximate surface area is 176 Å². The van der Waals surface area contributed by atoms with Crippen LogP contribution in [0, 0.1) is 5.92 Å². The molecule has 2 aromatic carbocycles. The number of anilines is 1. The molecular weight excluding hydrogens is 382 g/mol. The molecule has 1 aliphatic heterocycles. The molecule has 1 atom stereocenters. The molecule has 150 valence electrons. The number of ether oxygens (including phenoxy) is 1. The van der Waals surface area contributed by atoms with E-state index in [2.05, 4.69) is 53.3 Å². The van der Waals surface area contributed by atoms with Gasteiger partial charge in [-0.05, 0) is 60.5 Å². The van der Waals surface area contributed by atoms with Crippen LogP contribution in [0.3, 0.4) is 0 Å². The largest absolute Gasteiger partial charge is 0.465 e. The average Bonchev–Trinajstić information content (AvgIpc) is 3.11. The fourth-order valence-electron chi connectivity index (χ4n) is 4.19. The Morgan fingerprint density at radius 1 is 1.21 bits per heavy atom. The van der Waals surface area contributed by atoms with Crippen LogP contribution in [-0.4, -0.2) is 34.6 Å². The molecule has 0 saturated carbocycles. The van der Waals surface area contributed by atoms with Crippen LogP contribution in [0.1, 0.15) is 41.5 Å². The molecule has 1 aromatic heterocycles. The summed E-state index contributed by atoms with van der Waals surface area (Å²) < 4.78 is 4.75. The standard InChI is InChI=1S/C23H25N3O2S/c1-14(2)21-20-18(17-6-4-5-7-19(17)25-20)12-13-26(21)23(29)24-16-10-8-15(9-11-16)22(27)28-3/h4-11,14,21,25H,12-13H2,1-3H3,(H,24,29)/t21-/m0/s1. The van der Waals surface area contributed by atoms with Crippen molar-refractivity contribution < 1.29 is 9.53 Å². The Kier molecular flexibility index (Phi) is 5.28. The number of carbonyl (C=O) groups is 1. The number of methoxy groups -OCH3 is 1. The maximum absolute atomic E-state index is 11.6. The molecular formula is C23H25N3O2S. The quantitative estimate of drug-likeness (QED) is 0.477. The summed E-state index contributed by atoms with van der Waals surface area (Å²) in [5.74, 6) is 0.0462. The predicted molar refractivity (Wildman–Crippen MR) is 120 cm³/mol. The molecule has 4 rings (SSSR count). The predicted octanol–water partition coefficient (Wildman–Crippen LogP) is 4.91. The van der Waals surface area contributed by atoms with Gasteiger partial charge in [0.2, 0.25) is 0 Å². The molecule has 0 unspecified atom stereocenters. The molecule has 0 spiro atoms. The third kappa shape index (κ3) is 3.60. The van der Waals surface area contributed by atoms with E-state index in [-0.39, 0.29) is 12.0 Å². The number of thiocarbonyl (C=S) groups is 1. The van der Waals surface area contributed by atoms with Crippen molar-refractivity contribution in [3.8, 4) is 0 Å². The fraction of sp³-hybridized carbons (Fsp3) is 0.304. The normalized spacial score (nSPS) is 16.0. The maximum atomic E-state index is 11.6. The zero-order chi connectivity index (χ0) is 20.5. The lowest BCUT2D eigenvalue weighted by Gasteiger charge is -2.40. The summed E-state index contributed by atoms with van der Waals surface area (Å²) in [5, 5.41) is 5.34. The second kappa shape index (κ2) is 7.87. The van der Waals surface area contributed by atoms with Crippen molar-refractivity contribution in [2.75, 3.05) is 19.0 Å². The van der Waals surface area contributed by atoms with Crippen LogP contribution in [0.2, 0.25) is 0 Å². The molecule has 29 heavy (non-hydrogen) atoms. The van der Waals surface area contributed by atoms with E-state index in [0.29, 0.717) is 16.6 Å². The first kappa shape index (κ1) is 19.5. The second-order valence-corrected chi connectivity index (χ2v) is 8.08. The van der Waals surface area contributed by atoms with Crippen molar-refractivity contribution in [1.29, 1.82) is 0 Å². The van der Waals surface area contributed by atoms with E-state index in [1.54, 1.807) is 12.1 Å². The van der Waals surface area contributed by atoms with Gasteiger partial charge in [-0.3, -0.25) is 0 Å². The van der Waals surface area contributed by atoms with E-state index in [1.165, 1.54) is 29.3 Å². The number of hydrogen-bond donors (Lipinski definition) is 2. The highest BCUT2D eigenvalue weighted by Crippen LogP contribution is 2.38. The maximum Gasteiger partial charge on any atom is 0.337 e. The van der Waals surface area contributed by atoms with Gasteiger partial charge >= 0.3 is 5.97 Å². The molecule has 1 aliphatic rings. The van der Waals surface area contributed by atoms with Gasteiger partial charge in [0.25, 0.3) is 0 Å². The first-order chi connectivity index (χ1) is 14.0. The van der Waals surface area contributed by atoms with Crippen molar-refractivity contribution in [1.82, 2.24) is 9.88 Å². The highest BCUT2D eigenvalue weighted by atomic mass is 32.1. The number of benzene rings is 2. The average molecular weight is 408 g/mol. The smallest absolute Gasteiger partial charge is 0.337 e. The van der Waals surface area contributed by atoms with E-state index in [1.807, 2.05) is 12.1 Å². The first-order valence-electron chi connectivity index (χ1n) is 9.85. The fourth-order valence-corrected chi connectivity index (χ4v) is 4.52. The number of rotatable bonds is 3. The number of carbonyl (C=O) groups excluding carboxylic acids is 1. The Bertz CT molecular complexity index is 1060. The number of aromatic amines is 1. The summed E-state index contributed by atoms with van der Waals surface area (Å²) in [6.45, 7) is 5.32. The van der Waals surface area contributed by atoms with Gasteiger partial charge < -0.3 is 19.9 Å². The van der Waals surface area contributed by atoms with Gasteiger partial charge in [0.05, 0.1) is 18.7 Å². The molecule has 0 bridgehead atoms. The van der Waals surface area contributed by atoms with Gasteiger partial charge in [0.15, 0.2) is 5.11 Å². The van der Waals surface area contributed by atoms with E-state index >= 15 is 0 Å². The molecule has 0 amide bonds. The Morgan fingerprint density at radius 2 is 1.93 bits per heavy atom. The zero-order valence-corrected chi connectivity index (χ0v) is 17.7. The molecule has 6 heteroatoms. The summed E-state index contributed by atoms with van der Waals surface area (Å²) in [5.41, 5.74) is 5.22. The zero-order valence-electron chi connectivity index (χ0n) is 16.9. The van der Waals surface area contributed by atoms with Gasteiger partial charge in [0, 0.05) is 28.8 Å². The molecule has 3 aromatic rings. The monoisotopic (exact) mass is 407 g/mol. The van der Waals surface area contributed by atoms with Crippen LogP contribution in [0.4, 0.5) is 5.69 Å². The number of fused-ring (bicyclic) bond motifs is 3. The third-order valence-corrected chi connectivity index (χ3v) is 5.87. The van der Waals surface area contributed by atoms with Gasteiger partial charge in [-0.1, -0.05) is 32.0 Å². The minimum absolute atomic E-state index is 0.181. The topological polar surface area (TPSA) is 57.4 Å². The summed E-state index contributed by atoms with van der Waals surface area (Å²) >= 11 is 5.78. The van der Waals surface area contributed by atoms with Gasteiger partial charge in [-0.2, -0.15) is 0 Å². The Hall–Kier alpha value is -2.86. The van der Waals surface area contributed by atoms with Crippen LogP contribution >= 0.6 is 12.2 Å². The number of H-pyrrole nitrogens is 1. The van der Waals surface area contributed by atoms with Crippen molar-refractivity contribution in [2.24, 2.45) is 5.92 Å². The van der Waals surface area contributed by atoms with Crippen molar-refractivity contribution >= 4 is 39.9 Å². The molecule has 5 nitrogen and oxygen atoms in total. The Balaban J connectivity index is 1.59. The number of aromatic nitrogens is 1. The molecule has 0 radical (unpaired) electrons. The first-order valence-corrected chi connectivity index (χ1v) is 10.3. The van der Waals surface area contributed by atoms with Gasteiger partial charge in [-0.25, -0.2) is 4.79 Å². The number of nitrogens with zero attached hydrogens (tertiary/aromatic N) is 1. The van der Waals surface area contributed by atoms with Crippen LogP contribution < -0.4 is 5.32 Å². The van der Waals surface area contributed by atoms with Gasteiger partial charge in [-0.15, -0.1) is 0 Å². The molecule has 0 aliphatic carbocycles. The lowest BCUT2D eigenvalue weighted by Crippen LogP contribution is -2.44. The summed E-state index contributed by atoms with van der Waals surface area (Å²) in [6.07, 6.45) is 0.950. The van der Waals surface area contributed by atoms with E-state index in [0.717, 1.165) is 18.7 Å². The Morgan fingerprint density at radius 3 is 2.62 bits per heavy atom. The van der Waals surface area contributed by atoms with Crippen LogP contribution in [0.5, 0.6) is 0 Å². The van der Waals surface area contributed by atoms with E-state index in [9.17, 15) is 4.79 Å². The number of esters is 1. The van der Waals surface area contributed by atoms with Gasteiger partial charge in [0.1, 0.15) is 0 Å². The lowest BCUT2D eigenvalue weighted by atomic mass is 9.90. The minimum atomic E-state index is -0.346. The highest BCUT2D eigenvalue weighted by Gasteiger charge is 2.33. The van der Waals surface area contributed by atoms with Crippen molar-refractivity contribution in [3.05, 3.63) is 65.4 Å². The molecule has 0 saturated heterocycles. The van der Waals surface area contributed by atoms with Crippen LogP contribution in [0.15, 0.2) is 48.5 Å². The third-order valence-electron chi connectivity index (χ3n) is 5.53. The summed E-state index contributed by atoms with van der Waals surface area (Å²) in [6, 6.07) is 15.8. The number of nitrogens with one attached hydrogen (secondary N) is 2. The summed E-state index contributed by atoms with van der Waals surface area (Å²) in [7, 11) is 1.38. The highest BCUT2D eigenvalue weighted by molar-refractivity contribution is 7.80. The van der Waals surface area contributed by atoms with Crippen LogP contribution in [0.25, 0.3) is 10.9 Å². The molecule has 2 N–H and O–H groups in total. The number of para-hydroxylation sites is 1. The minimum Gasteiger partial charge on any atom is -0.465 e. The van der Waals surface area contributed by atoms with E-state index < -0.39 is 0 Å². The van der Waals surface area contributed by atoms with Crippen molar-refractivity contribution in [2.45, 2.75) is 26.3 Å². The molecule has 2 heterocycles. The van der Waals surface area contributed by atoms with Crippen molar-refractivity contribution in [3.63, 3.8) is 0 Å². The van der Waals surface area contributed by atoms with Crippen LogP contribution in [-0.2, 0) is 11.2 Å². The lowest BCUT2D eigenvalue weighted by molar-refractivity contribution is 0.0601. The summed E-state index contributed by atoms with van der Waals surface area (Å²) in [4.78, 5) is 17.5. The second-order valence-electron chi connectivity index (χ2n) is 7.69. The number of hydrogen-bond acceptors (Lipinski definition) is 3.